The monoisotopic (exact) mass is 335 g/mol. The molecule has 132 valence electrons. The van der Waals surface area contributed by atoms with Gasteiger partial charge in [-0.2, -0.15) is 0 Å². The van der Waals surface area contributed by atoms with Crippen LogP contribution < -0.4 is 4.90 Å². The van der Waals surface area contributed by atoms with Crippen molar-refractivity contribution in [2.45, 2.75) is 26.7 Å². The van der Waals surface area contributed by atoms with Crippen molar-refractivity contribution >= 4 is 17.5 Å². The second-order valence-corrected chi connectivity index (χ2v) is 6.11. The fourth-order valence-corrected chi connectivity index (χ4v) is 2.87. The number of piperazine rings is 1. The number of hydrogen-bond acceptors (Lipinski definition) is 3. The van der Waals surface area contributed by atoms with Crippen molar-refractivity contribution < 1.29 is 14.0 Å². The molecule has 0 unspecified atom stereocenters. The predicted molar refractivity (Wildman–Crippen MR) is 92.4 cm³/mol. The molecule has 5 nitrogen and oxygen atoms in total. The standard InChI is InChI=1S/C18H26FN3O2/c1-3-4-9-22(15(2)23)14-18(24)21-12-10-20(11-13-21)17-8-6-5-7-16(17)19/h5-8H,3-4,9-14H2,1-2H3. The van der Waals surface area contributed by atoms with Gasteiger partial charge in [0.2, 0.25) is 11.8 Å². The molecule has 0 N–H and O–H groups in total. The van der Waals surface area contributed by atoms with Crippen molar-refractivity contribution in [1.82, 2.24) is 9.80 Å². The molecule has 1 saturated heterocycles. The lowest BCUT2D eigenvalue weighted by Crippen LogP contribution is -2.52. The summed E-state index contributed by atoms with van der Waals surface area (Å²) in [7, 11) is 0. The van der Waals surface area contributed by atoms with Crippen LogP contribution in [0.25, 0.3) is 0 Å². The van der Waals surface area contributed by atoms with E-state index < -0.39 is 0 Å². The van der Waals surface area contributed by atoms with E-state index in [0.29, 0.717) is 38.4 Å². The maximum Gasteiger partial charge on any atom is 0.242 e. The molecule has 0 aliphatic carbocycles. The Morgan fingerprint density at radius 1 is 1.17 bits per heavy atom. The van der Waals surface area contributed by atoms with Crippen LogP contribution in [0.1, 0.15) is 26.7 Å². The lowest BCUT2D eigenvalue weighted by molar-refractivity contribution is -0.139. The second-order valence-electron chi connectivity index (χ2n) is 6.11. The first kappa shape index (κ1) is 18.2. The quantitative estimate of drug-likeness (QED) is 0.800. The van der Waals surface area contributed by atoms with Crippen molar-refractivity contribution in [3.05, 3.63) is 30.1 Å². The van der Waals surface area contributed by atoms with E-state index in [4.69, 9.17) is 0 Å². The molecular weight excluding hydrogens is 309 g/mol. The Morgan fingerprint density at radius 3 is 2.42 bits per heavy atom. The molecule has 1 aromatic rings. The Labute approximate surface area is 143 Å². The van der Waals surface area contributed by atoms with Crippen LogP contribution in [0.2, 0.25) is 0 Å². The normalized spacial score (nSPS) is 14.6. The van der Waals surface area contributed by atoms with E-state index in [1.165, 1.54) is 13.0 Å². The van der Waals surface area contributed by atoms with Gasteiger partial charge in [0.1, 0.15) is 5.82 Å². The number of amides is 2. The minimum atomic E-state index is -0.236. The minimum absolute atomic E-state index is 0.0329. The largest absolute Gasteiger partial charge is 0.366 e. The highest BCUT2D eigenvalue weighted by Crippen LogP contribution is 2.20. The molecular formula is C18H26FN3O2. The van der Waals surface area contributed by atoms with Crippen molar-refractivity contribution in [3.8, 4) is 0 Å². The third kappa shape index (κ3) is 4.69. The van der Waals surface area contributed by atoms with E-state index in [-0.39, 0.29) is 24.2 Å². The Kier molecular flexibility index (Phi) is 6.58. The van der Waals surface area contributed by atoms with Gasteiger partial charge in [-0.25, -0.2) is 4.39 Å². The van der Waals surface area contributed by atoms with Crippen LogP contribution in [0.3, 0.4) is 0 Å². The minimum Gasteiger partial charge on any atom is -0.366 e. The molecule has 1 aliphatic rings. The molecule has 0 atom stereocenters. The highest BCUT2D eigenvalue weighted by atomic mass is 19.1. The van der Waals surface area contributed by atoms with Crippen molar-refractivity contribution in [2.75, 3.05) is 44.2 Å². The molecule has 1 fully saturated rings. The van der Waals surface area contributed by atoms with Gasteiger partial charge in [0.25, 0.3) is 0 Å². The van der Waals surface area contributed by atoms with Crippen molar-refractivity contribution in [2.24, 2.45) is 0 Å². The van der Waals surface area contributed by atoms with Gasteiger partial charge in [-0.1, -0.05) is 25.5 Å². The fourth-order valence-electron chi connectivity index (χ4n) is 2.87. The zero-order valence-electron chi connectivity index (χ0n) is 14.5. The van der Waals surface area contributed by atoms with Crippen LogP contribution in [-0.2, 0) is 9.59 Å². The van der Waals surface area contributed by atoms with Crippen LogP contribution in [0.4, 0.5) is 10.1 Å². The molecule has 24 heavy (non-hydrogen) atoms. The first-order valence-electron chi connectivity index (χ1n) is 8.55. The molecule has 1 aliphatic heterocycles. The van der Waals surface area contributed by atoms with Gasteiger partial charge >= 0.3 is 0 Å². The Morgan fingerprint density at radius 2 is 1.83 bits per heavy atom. The zero-order chi connectivity index (χ0) is 17.5. The highest BCUT2D eigenvalue weighted by Gasteiger charge is 2.24. The molecule has 0 saturated carbocycles. The number of carbonyl (C=O) groups excluding carboxylic acids is 2. The Balaban J connectivity index is 1.88. The van der Waals surface area contributed by atoms with E-state index in [1.807, 2.05) is 11.0 Å². The van der Waals surface area contributed by atoms with Crippen LogP contribution in [0.15, 0.2) is 24.3 Å². The average molecular weight is 335 g/mol. The molecule has 2 amide bonds. The number of unbranched alkanes of at least 4 members (excludes halogenated alkanes) is 1. The Hall–Kier alpha value is -2.11. The third-order valence-corrected chi connectivity index (χ3v) is 4.38. The summed E-state index contributed by atoms with van der Waals surface area (Å²) in [5, 5.41) is 0. The SMILES string of the molecule is CCCCN(CC(=O)N1CCN(c2ccccc2F)CC1)C(C)=O. The molecule has 2 rings (SSSR count). The van der Waals surface area contributed by atoms with Gasteiger partial charge < -0.3 is 14.7 Å². The Bertz CT molecular complexity index is 571. The lowest BCUT2D eigenvalue weighted by Gasteiger charge is -2.37. The maximum absolute atomic E-state index is 13.8. The summed E-state index contributed by atoms with van der Waals surface area (Å²) in [6.45, 7) is 6.60. The number of hydrogen-bond donors (Lipinski definition) is 0. The molecule has 0 spiro atoms. The van der Waals surface area contributed by atoms with Crippen molar-refractivity contribution in [1.29, 1.82) is 0 Å². The number of nitrogens with zero attached hydrogens (tertiary/aromatic N) is 3. The van der Waals surface area contributed by atoms with Crippen LogP contribution in [0, 0.1) is 5.82 Å². The van der Waals surface area contributed by atoms with E-state index in [9.17, 15) is 14.0 Å². The predicted octanol–water partition coefficient (Wildman–Crippen LogP) is 2.12. The van der Waals surface area contributed by atoms with Gasteiger partial charge in [-0.05, 0) is 18.6 Å². The smallest absolute Gasteiger partial charge is 0.242 e. The zero-order valence-corrected chi connectivity index (χ0v) is 14.5. The summed E-state index contributed by atoms with van der Waals surface area (Å²) in [4.78, 5) is 29.4. The van der Waals surface area contributed by atoms with Gasteiger partial charge in [0.05, 0.1) is 12.2 Å². The molecule has 0 radical (unpaired) electrons. The number of carbonyl (C=O) groups is 2. The van der Waals surface area contributed by atoms with E-state index in [0.717, 1.165) is 12.8 Å². The van der Waals surface area contributed by atoms with Crippen LogP contribution >= 0.6 is 0 Å². The topological polar surface area (TPSA) is 43.9 Å². The van der Waals surface area contributed by atoms with Gasteiger partial charge in [-0.3, -0.25) is 9.59 Å². The lowest BCUT2D eigenvalue weighted by atomic mass is 10.2. The maximum atomic E-state index is 13.8. The van der Waals surface area contributed by atoms with Crippen LogP contribution in [-0.4, -0.2) is 60.9 Å². The number of anilines is 1. The first-order chi connectivity index (χ1) is 11.5. The molecule has 6 heteroatoms. The van der Waals surface area contributed by atoms with Gasteiger partial charge in [0.15, 0.2) is 0 Å². The van der Waals surface area contributed by atoms with E-state index in [2.05, 4.69) is 6.92 Å². The number of para-hydroxylation sites is 1. The summed E-state index contributed by atoms with van der Waals surface area (Å²) >= 11 is 0. The number of halogens is 1. The summed E-state index contributed by atoms with van der Waals surface area (Å²) < 4.78 is 13.8. The molecule has 1 heterocycles. The molecule has 1 aromatic carbocycles. The fraction of sp³-hybridized carbons (Fsp3) is 0.556. The number of benzene rings is 1. The van der Waals surface area contributed by atoms with Gasteiger partial charge in [0, 0.05) is 39.6 Å². The van der Waals surface area contributed by atoms with Gasteiger partial charge in [-0.15, -0.1) is 0 Å². The van der Waals surface area contributed by atoms with E-state index in [1.54, 1.807) is 21.9 Å². The summed E-state index contributed by atoms with van der Waals surface area (Å²) in [5.74, 6) is -0.337. The van der Waals surface area contributed by atoms with E-state index >= 15 is 0 Å². The van der Waals surface area contributed by atoms with Crippen molar-refractivity contribution in [3.63, 3.8) is 0 Å². The third-order valence-electron chi connectivity index (χ3n) is 4.38. The summed E-state index contributed by atoms with van der Waals surface area (Å²) in [6, 6.07) is 6.69. The summed E-state index contributed by atoms with van der Waals surface area (Å²) in [6.07, 6.45) is 1.88. The molecule has 0 bridgehead atoms. The van der Waals surface area contributed by atoms with Crippen LogP contribution in [0.5, 0.6) is 0 Å². The highest BCUT2D eigenvalue weighted by molar-refractivity contribution is 5.84. The number of rotatable bonds is 6. The summed E-state index contributed by atoms with van der Waals surface area (Å²) in [5.41, 5.74) is 0.581. The second kappa shape index (κ2) is 8.66. The first-order valence-corrected chi connectivity index (χ1v) is 8.55. The molecule has 0 aromatic heterocycles. The average Bonchev–Trinajstić information content (AvgIpc) is 2.58.